The number of nitrogens with zero attached hydrogens (tertiary/aromatic N) is 1. The van der Waals surface area contributed by atoms with Gasteiger partial charge in [-0.15, -0.1) is 0 Å². The van der Waals surface area contributed by atoms with Crippen LogP contribution in [0.2, 0.25) is 5.02 Å². The summed E-state index contributed by atoms with van der Waals surface area (Å²) in [5.41, 5.74) is 0.124. The molecule has 0 radical (unpaired) electrons. The second-order valence-corrected chi connectivity index (χ2v) is 8.10. The molecule has 0 bridgehead atoms. The molecule has 35 heavy (non-hydrogen) atoms. The average molecular weight is 502 g/mol. The van der Waals surface area contributed by atoms with E-state index in [1.807, 2.05) is 6.92 Å². The maximum absolute atomic E-state index is 13.4. The zero-order valence-electron chi connectivity index (χ0n) is 18.6. The van der Waals surface area contributed by atoms with E-state index in [1.54, 1.807) is 25.1 Å². The number of halogens is 4. The van der Waals surface area contributed by atoms with Crippen molar-refractivity contribution in [2.45, 2.75) is 26.4 Å². The van der Waals surface area contributed by atoms with Crippen LogP contribution in [0.3, 0.4) is 0 Å². The van der Waals surface area contributed by atoms with Crippen LogP contribution in [-0.4, -0.2) is 16.8 Å². The molecule has 0 aliphatic heterocycles. The molecule has 3 aromatic carbocycles. The lowest BCUT2D eigenvalue weighted by Gasteiger charge is -2.14. The van der Waals surface area contributed by atoms with E-state index >= 15 is 0 Å². The second-order valence-electron chi connectivity index (χ2n) is 7.70. The van der Waals surface area contributed by atoms with Crippen molar-refractivity contribution in [2.75, 3.05) is 10.6 Å². The number of fused-ring (bicyclic) bond motifs is 1. The summed E-state index contributed by atoms with van der Waals surface area (Å²) >= 11 is 6.14. The SMILES string of the molecule is CCc1nc2c(C(=O)Nc3cccc(Cl)c3C)cc(NC(=O)c3ccccc3C(F)(F)F)cc2o1. The van der Waals surface area contributed by atoms with Crippen molar-refractivity contribution in [1.29, 1.82) is 0 Å². The Labute approximate surface area is 203 Å². The largest absolute Gasteiger partial charge is 0.441 e. The van der Waals surface area contributed by atoms with Gasteiger partial charge in [0.15, 0.2) is 11.5 Å². The molecule has 1 aromatic heterocycles. The molecule has 0 aliphatic rings. The van der Waals surface area contributed by atoms with Gasteiger partial charge >= 0.3 is 6.18 Å². The van der Waals surface area contributed by atoms with Crippen molar-refractivity contribution < 1.29 is 27.2 Å². The molecule has 4 rings (SSSR count). The zero-order chi connectivity index (χ0) is 25.3. The molecular formula is C25H19ClF3N3O3. The smallest absolute Gasteiger partial charge is 0.417 e. The number of carbonyl (C=O) groups is 2. The van der Waals surface area contributed by atoms with E-state index in [1.165, 1.54) is 24.3 Å². The number of nitrogens with one attached hydrogen (secondary N) is 2. The number of aromatic nitrogens is 1. The molecule has 0 saturated carbocycles. The van der Waals surface area contributed by atoms with E-state index in [0.29, 0.717) is 28.6 Å². The highest BCUT2D eigenvalue weighted by molar-refractivity contribution is 6.31. The molecule has 2 N–H and O–H groups in total. The van der Waals surface area contributed by atoms with E-state index in [-0.39, 0.29) is 22.4 Å². The quantitative estimate of drug-likeness (QED) is 0.312. The Morgan fingerprint density at radius 2 is 1.71 bits per heavy atom. The Kier molecular flexibility index (Phi) is 6.53. The summed E-state index contributed by atoms with van der Waals surface area (Å²) < 4.78 is 45.8. The van der Waals surface area contributed by atoms with Crippen LogP contribution < -0.4 is 10.6 Å². The zero-order valence-corrected chi connectivity index (χ0v) is 19.3. The van der Waals surface area contributed by atoms with Crippen LogP contribution in [0, 0.1) is 6.92 Å². The minimum atomic E-state index is -4.71. The molecule has 0 atom stereocenters. The Bertz CT molecular complexity index is 1450. The number of aryl methyl sites for hydroxylation is 1. The molecule has 4 aromatic rings. The normalized spacial score (nSPS) is 11.5. The molecule has 0 unspecified atom stereocenters. The van der Waals surface area contributed by atoms with E-state index in [2.05, 4.69) is 15.6 Å². The highest BCUT2D eigenvalue weighted by Gasteiger charge is 2.35. The van der Waals surface area contributed by atoms with Crippen molar-refractivity contribution in [3.05, 3.63) is 87.8 Å². The third-order valence-electron chi connectivity index (χ3n) is 5.34. The number of rotatable bonds is 5. The van der Waals surface area contributed by atoms with E-state index < -0.39 is 29.1 Å². The summed E-state index contributed by atoms with van der Waals surface area (Å²) in [7, 11) is 0. The van der Waals surface area contributed by atoms with Crippen molar-refractivity contribution >= 4 is 45.9 Å². The van der Waals surface area contributed by atoms with Crippen LogP contribution in [0.5, 0.6) is 0 Å². The fraction of sp³-hybridized carbons (Fsp3) is 0.160. The first-order chi connectivity index (χ1) is 16.6. The lowest BCUT2D eigenvalue weighted by atomic mass is 10.1. The summed E-state index contributed by atoms with van der Waals surface area (Å²) in [4.78, 5) is 30.3. The van der Waals surface area contributed by atoms with Crippen LogP contribution in [0.4, 0.5) is 24.5 Å². The van der Waals surface area contributed by atoms with Crippen molar-refractivity contribution in [3.8, 4) is 0 Å². The fourth-order valence-corrected chi connectivity index (χ4v) is 3.71. The molecule has 0 aliphatic carbocycles. The van der Waals surface area contributed by atoms with E-state index in [0.717, 1.165) is 12.1 Å². The molecule has 2 amide bonds. The van der Waals surface area contributed by atoms with Gasteiger partial charge in [0.2, 0.25) is 0 Å². The lowest BCUT2D eigenvalue weighted by Crippen LogP contribution is -2.19. The average Bonchev–Trinajstić information content (AvgIpc) is 3.24. The summed E-state index contributed by atoms with van der Waals surface area (Å²) in [6.45, 7) is 3.56. The highest BCUT2D eigenvalue weighted by atomic mass is 35.5. The van der Waals surface area contributed by atoms with Crippen molar-refractivity contribution in [3.63, 3.8) is 0 Å². The van der Waals surface area contributed by atoms with Crippen molar-refractivity contribution in [1.82, 2.24) is 4.98 Å². The lowest BCUT2D eigenvalue weighted by molar-refractivity contribution is -0.137. The van der Waals surface area contributed by atoms with Gasteiger partial charge in [0.05, 0.1) is 16.7 Å². The van der Waals surface area contributed by atoms with E-state index in [9.17, 15) is 22.8 Å². The Morgan fingerprint density at radius 1 is 1.00 bits per heavy atom. The number of anilines is 2. The molecule has 180 valence electrons. The minimum absolute atomic E-state index is 0.0738. The van der Waals surface area contributed by atoms with Gasteiger partial charge < -0.3 is 15.1 Å². The molecule has 0 fully saturated rings. The third-order valence-corrected chi connectivity index (χ3v) is 5.75. The summed E-state index contributed by atoms with van der Waals surface area (Å²) in [6, 6.07) is 12.2. The predicted molar refractivity (Wildman–Crippen MR) is 127 cm³/mol. The number of carbonyl (C=O) groups excluding carboxylic acids is 2. The molecule has 0 saturated heterocycles. The molecule has 10 heteroatoms. The predicted octanol–water partition coefficient (Wildman–Crippen LogP) is 6.88. The number of oxazole rings is 1. The van der Waals surface area contributed by atoms with Crippen LogP contribution in [0.1, 0.15) is 44.7 Å². The van der Waals surface area contributed by atoms with Gasteiger partial charge in [-0.1, -0.05) is 36.7 Å². The third kappa shape index (κ3) is 5.00. The maximum atomic E-state index is 13.4. The minimum Gasteiger partial charge on any atom is -0.441 e. The van der Waals surface area contributed by atoms with Gasteiger partial charge in [0, 0.05) is 28.9 Å². The topological polar surface area (TPSA) is 84.2 Å². The second kappa shape index (κ2) is 9.42. The first kappa shape index (κ1) is 24.3. The number of amides is 2. The fourth-order valence-electron chi connectivity index (χ4n) is 3.53. The molecule has 0 spiro atoms. The van der Waals surface area contributed by atoms with Gasteiger partial charge in [-0.25, -0.2) is 4.98 Å². The Morgan fingerprint density at radius 3 is 2.43 bits per heavy atom. The number of hydrogen-bond donors (Lipinski definition) is 2. The molecular weight excluding hydrogens is 483 g/mol. The van der Waals surface area contributed by atoms with Gasteiger partial charge in [0.25, 0.3) is 11.8 Å². The van der Waals surface area contributed by atoms with Crippen LogP contribution in [-0.2, 0) is 12.6 Å². The van der Waals surface area contributed by atoms with Gasteiger partial charge in [0.1, 0.15) is 5.52 Å². The first-order valence-corrected chi connectivity index (χ1v) is 10.9. The van der Waals surface area contributed by atoms with Gasteiger partial charge in [-0.05, 0) is 42.8 Å². The van der Waals surface area contributed by atoms with Crippen LogP contribution in [0.15, 0.2) is 59.0 Å². The standard InChI is InChI=1S/C25H19ClF3N3O3/c1-3-21-32-22-16(24(34)31-19-10-6-9-18(26)13(19)2)11-14(12-20(22)35-21)30-23(33)15-7-4-5-8-17(15)25(27,28)29/h4-12H,3H2,1-2H3,(H,30,33)(H,31,34). The monoisotopic (exact) mass is 501 g/mol. The summed E-state index contributed by atoms with van der Waals surface area (Å²) in [5, 5.41) is 5.67. The summed E-state index contributed by atoms with van der Waals surface area (Å²) in [6.07, 6.45) is -4.26. The highest BCUT2D eigenvalue weighted by Crippen LogP contribution is 2.33. The Hall–Kier alpha value is -3.85. The first-order valence-electron chi connectivity index (χ1n) is 10.6. The van der Waals surface area contributed by atoms with Crippen molar-refractivity contribution in [2.24, 2.45) is 0 Å². The Balaban J connectivity index is 1.73. The van der Waals surface area contributed by atoms with Crippen LogP contribution in [0.25, 0.3) is 11.1 Å². The van der Waals surface area contributed by atoms with E-state index in [4.69, 9.17) is 16.0 Å². The van der Waals surface area contributed by atoms with Gasteiger partial charge in [-0.3, -0.25) is 9.59 Å². The number of alkyl halides is 3. The number of hydrogen-bond acceptors (Lipinski definition) is 4. The van der Waals surface area contributed by atoms with Gasteiger partial charge in [-0.2, -0.15) is 13.2 Å². The van der Waals surface area contributed by atoms with Crippen LogP contribution >= 0.6 is 11.6 Å². The maximum Gasteiger partial charge on any atom is 0.417 e. The molecule has 1 heterocycles. The molecule has 6 nitrogen and oxygen atoms in total. The summed E-state index contributed by atoms with van der Waals surface area (Å²) in [5.74, 6) is -1.17. The number of benzene rings is 3.